The fourth-order valence-electron chi connectivity index (χ4n) is 1.92. The molecular formula is C13H10BrNO2. The third-order valence-corrected chi connectivity index (χ3v) is 2.75. The van der Waals surface area contributed by atoms with Crippen LogP contribution in [0.3, 0.4) is 0 Å². The number of rotatable bonds is 0. The van der Waals surface area contributed by atoms with Crippen molar-refractivity contribution in [2.75, 3.05) is 0 Å². The van der Waals surface area contributed by atoms with Crippen molar-refractivity contribution in [3.05, 3.63) is 48.5 Å². The predicted octanol–water partition coefficient (Wildman–Crippen LogP) is -0.773. The molecule has 4 heteroatoms. The van der Waals surface area contributed by atoms with Crippen molar-refractivity contribution in [1.29, 1.82) is 0 Å². The summed E-state index contributed by atoms with van der Waals surface area (Å²) in [5.41, 5.74) is 0.596. The quantitative estimate of drug-likeness (QED) is 0.325. The number of aromatic nitrogens is 1. The third-order valence-electron chi connectivity index (χ3n) is 2.75. The van der Waals surface area contributed by atoms with Gasteiger partial charge in [-0.05, 0) is 22.9 Å². The van der Waals surface area contributed by atoms with E-state index in [0.29, 0.717) is 5.52 Å². The van der Waals surface area contributed by atoms with Gasteiger partial charge in [0.05, 0.1) is 16.2 Å². The Hall–Kier alpha value is -1.81. The molecular weight excluding hydrogens is 282 g/mol. The van der Waals surface area contributed by atoms with Crippen LogP contribution in [0.15, 0.2) is 48.5 Å². The molecule has 1 aromatic heterocycles. The first-order valence-corrected chi connectivity index (χ1v) is 5.01. The first-order chi connectivity index (χ1) is 7.75. The summed E-state index contributed by atoms with van der Waals surface area (Å²) in [6.07, 6.45) is 0. The average molecular weight is 292 g/mol. The highest BCUT2D eigenvalue weighted by Gasteiger charge is 2.14. The Morgan fingerprint density at radius 3 is 2.18 bits per heavy atom. The van der Waals surface area contributed by atoms with E-state index in [4.69, 9.17) is 0 Å². The van der Waals surface area contributed by atoms with Crippen molar-refractivity contribution in [3.8, 4) is 5.88 Å². The van der Waals surface area contributed by atoms with Crippen molar-refractivity contribution >= 4 is 21.7 Å². The standard InChI is InChI=1S/C13H9NO2.BrH/c15-13-6-5-11-7-9-3-1-2-4-10(9)8-12(11)14(13)16;/h1-8,16H;1H. The van der Waals surface area contributed by atoms with E-state index in [1.165, 1.54) is 6.07 Å². The zero-order chi connectivity index (χ0) is 11.1. The lowest BCUT2D eigenvalue weighted by atomic mass is 10.1. The van der Waals surface area contributed by atoms with Crippen LogP contribution < -0.4 is 21.7 Å². The van der Waals surface area contributed by atoms with Crippen LogP contribution in [0.25, 0.3) is 21.7 Å². The Bertz CT molecular complexity index is 697. The molecule has 0 radical (unpaired) electrons. The summed E-state index contributed by atoms with van der Waals surface area (Å²) in [6.45, 7) is 0. The lowest BCUT2D eigenvalue weighted by Crippen LogP contribution is -3.00. The molecule has 2 N–H and O–H groups in total. The molecule has 3 nitrogen and oxygen atoms in total. The van der Waals surface area contributed by atoms with Gasteiger partial charge in [-0.2, -0.15) is 0 Å². The van der Waals surface area contributed by atoms with Crippen LogP contribution in [-0.2, 0) is 0 Å². The summed E-state index contributed by atoms with van der Waals surface area (Å²) in [4.78, 5) is 0. The zero-order valence-corrected chi connectivity index (χ0v) is 10.4. The Morgan fingerprint density at radius 1 is 0.824 bits per heavy atom. The Morgan fingerprint density at radius 2 is 1.47 bits per heavy atom. The van der Waals surface area contributed by atoms with Crippen LogP contribution in [-0.4, -0.2) is 10.3 Å². The van der Waals surface area contributed by atoms with E-state index in [1.54, 1.807) is 6.07 Å². The largest absolute Gasteiger partial charge is 1.00 e. The van der Waals surface area contributed by atoms with Gasteiger partial charge in [0.2, 0.25) is 0 Å². The van der Waals surface area contributed by atoms with Crippen molar-refractivity contribution in [2.24, 2.45) is 0 Å². The fourth-order valence-corrected chi connectivity index (χ4v) is 1.92. The van der Waals surface area contributed by atoms with Crippen molar-refractivity contribution in [1.82, 2.24) is 0 Å². The molecule has 2 aromatic carbocycles. The number of nitrogens with zero attached hydrogens (tertiary/aromatic N) is 1. The second-order valence-corrected chi connectivity index (χ2v) is 3.76. The zero-order valence-electron chi connectivity index (χ0n) is 8.84. The molecule has 0 bridgehead atoms. The second kappa shape index (κ2) is 4.22. The Kier molecular flexibility index (Phi) is 2.90. The molecule has 0 saturated carbocycles. The number of benzene rings is 2. The molecule has 86 valence electrons. The van der Waals surface area contributed by atoms with E-state index in [9.17, 15) is 10.3 Å². The highest BCUT2D eigenvalue weighted by molar-refractivity contribution is 5.95. The van der Waals surface area contributed by atoms with E-state index < -0.39 is 0 Å². The van der Waals surface area contributed by atoms with Crippen LogP contribution in [0.1, 0.15) is 0 Å². The summed E-state index contributed by atoms with van der Waals surface area (Å²) in [5.74, 6) is -0.164. The number of aromatic hydroxyl groups is 1. The number of hydrogen-bond donors (Lipinski definition) is 2. The second-order valence-electron chi connectivity index (χ2n) is 3.76. The van der Waals surface area contributed by atoms with Crippen LogP contribution in [0, 0.1) is 0 Å². The van der Waals surface area contributed by atoms with Gasteiger partial charge in [0, 0.05) is 6.07 Å². The van der Waals surface area contributed by atoms with E-state index in [0.717, 1.165) is 20.9 Å². The highest BCUT2D eigenvalue weighted by atomic mass is 79.9. The summed E-state index contributed by atoms with van der Waals surface area (Å²) in [5, 5.41) is 22.1. The molecule has 0 aliphatic rings. The molecule has 0 aliphatic heterocycles. The molecule has 0 amide bonds. The summed E-state index contributed by atoms with van der Waals surface area (Å²) < 4.78 is 0.793. The average Bonchev–Trinajstić information content (AvgIpc) is 2.32. The molecule has 0 unspecified atom stereocenters. The smallest absolute Gasteiger partial charge is 0.415 e. The lowest BCUT2D eigenvalue weighted by molar-refractivity contribution is -0.887. The fraction of sp³-hybridized carbons (Fsp3) is 0. The van der Waals surface area contributed by atoms with Crippen LogP contribution in [0.5, 0.6) is 5.88 Å². The maximum Gasteiger partial charge on any atom is 0.415 e. The number of hydrogen-bond acceptors (Lipinski definition) is 2. The number of halogens is 1. The maximum absolute atomic E-state index is 9.68. The van der Waals surface area contributed by atoms with Crippen LogP contribution >= 0.6 is 0 Å². The van der Waals surface area contributed by atoms with Crippen molar-refractivity contribution in [2.45, 2.75) is 0 Å². The number of fused-ring (bicyclic) bond motifs is 2. The minimum atomic E-state index is -0.164. The predicted molar refractivity (Wildman–Crippen MR) is 60.5 cm³/mol. The third kappa shape index (κ3) is 1.80. The van der Waals surface area contributed by atoms with Crippen LogP contribution in [0.2, 0.25) is 0 Å². The Labute approximate surface area is 108 Å². The summed E-state index contributed by atoms with van der Waals surface area (Å²) >= 11 is 0. The van der Waals surface area contributed by atoms with Crippen molar-refractivity contribution in [3.63, 3.8) is 0 Å². The normalized spacial score (nSPS) is 10.4. The van der Waals surface area contributed by atoms with Gasteiger partial charge in [-0.3, -0.25) is 5.21 Å². The van der Waals surface area contributed by atoms with Gasteiger partial charge >= 0.3 is 5.88 Å². The van der Waals surface area contributed by atoms with E-state index in [-0.39, 0.29) is 22.9 Å². The van der Waals surface area contributed by atoms with Gasteiger partial charge in [0.25, 0.3) is 5.52 Å². The SMILES string of the molecule is Oc1ccc2cc3ccccc3cc2[n+]1O.[Br-]. The topological polar surface area (TPSA) is 44.3 Å². The molecule has 17 heavy (non-hydrogen) atoms. The van der Waals surface area contributed by atoms with Gasteiger partial charge in [-0.1, -0.05) is 24.3 Å². The number of pyridine rings is 1. The molecule has 0 fully saturated rings. The highest BCUT2D eigenvalue weighted by Crippen LogP contribution is 2.21. The molecule has 0 spiro atoms. The van der Waals surface area contributed by atoms with Gasteiger partial charge < -0.3 is 22.1 Å². The summed E-state index contributed by atoms with van der Waals surface area (Å²) in [7, 11) is 0. The van der Waals surface area contributed by atoms with Gasteiger partial charge in [0.1, 0.15) is 0 Å². The molecule has 0 aliphatic carbocycles. The molecule has 3 aromatic rings. The Balaban J connectivity index is 0.00000108. The van der Waals surface area contributed by atoms with E-state index in [2.05, 4.69) is 0 Å². The van der Waals surface area contributed by atoms with Crippen LogP contribution in [0.4, 0.5) is 0 Å². The molecule has 0 saturated heterocycles. The maximum atomic E-state index is 9.68. The van der Waals surface area contributed by atoms with E-state index in [1.807, 2.05) is 36.4 Å². The van der Waals surface area contributed by atoms with Gasteiger partial charge in [0.15, 0.2) is 0 Å². The molecule has 3 rings (SSSR count). The first-order valence-electron chi connectivity index (χ1n) is 5.01. The first kappa shape index (κ1) is 11.7. The molecule has 1 heterocycles. The van der Waals surface area contributed by atoms with Gasteiger partial charge in [-0.15, -0.1) is 0 Å². The lowest BCUT2D eigenvalue weighted by Gasteiger charge is -1.99. The van der Waals surface area contributed by atoms with Gasteiger partial charge in [-0.25, -0.2) is 0 Å². The minimum Gasteiger partial charge on any atom is -1.00 e. The minimum absolute atomic E-state index is 0. The molecule has 0 atom stereocenters. The van der Waals surface area contributed by atoms with E-state index >= 15 is 0 Å². The monoisotopic (exact) mass is 291 g/mol. The van der Waals surface area contributed by atoms with Crippen molar-refractivity contribution < 1.29 is 32.0 Å². The summed E-state index contributed by atoms with van der Waals surface area (Å²) in [6, 6.07) is 15.0.